The van der Waals surface area contributed by atoms with E-state index in [0.717, 1.165) is 17.1 Å². The van der Waals surface area contributed by atoms with Crippen molar-refractivity contribution in [2.24, 2.45) is 0 Å². The molecule has 9 heteroatoms. The summed E-state index contributed by atoms with van der Waals surface area (Å²) in [5.41, 5.74) is 3.81. The van der Waals surface area contributed by atoms with Crippen molar-refractivity contribution in [3.05, 3.63) is 70.0 Å². The average Bonchev–Trinajstić information content (AvgIpc) is 3.03. The van der Waals surface area contributed by atoms with Gasteiger partial charge in [0.15, 0.2) is 0 Å². The Morgan fingerprint density at radius 1 is 1.00 bits per heavy atom. The van der Waals surface area contributed by atoms with E-state index in [-0.39, 0.29) is 24.8 Å². The van der Waals surface area contributed by atoms with Gasteiger partial charge >= 0.3 is 0 Å². The fourth-order valence-corrected chi connectivity index (χ4v) is 3.54. The van der Waals surface area contributed by atoms with E-state index in [1.54, 1.807) is 30.1 Å². The summed E-state index contributed by atoms with van der Waals surface area (Å²) in [5.74, 6) is -0.345. The van der Waals surface area contributed by atoms with Crippen LogP contribution in [0.2, 0.25) is 10.0 Å². The van der Waals surface area contributed by atoms with Gasteiger partial charge in [-0.2, -0.15) is 5.10 Å². The molecular formula is C23H25Cl2N5O2. The van der Waals surface area contributed by atoms with Crippen molar-refractivity contribution in [2.75, 3.05) is 30.8 Å². The van der Waals surface area contributed by atoms with Crippen LogP contribution >= 0.6 is 23.2 Å². The van der Waals surface area contributed by atoms with E-state index < -0.39 is 0 Å². The number of halogens is 2. The maximum Gasteiger partial charge on any atom is 0.238 e. The Labute approximate surface area is 197 Å². The summed E-state index contributed by atoms with van der Waals surface area (Å²) in [5, 5.41) is 11.1. The van der Waals surface area contributed by atoms with Crippen LogP contribution in [0.15, 0.2) is 48.5 Å². The largest absolute Gasteiger partial charge is 0.325 e. The van der Waals surface area contributed by atoms with Gasteiger partial charge in [-0.25, -0.2) is 4.68 Å². The molecule has 7 nitrogen and oxygen atoms in total. The molecule has 3 rings (SSSR count). The minimum Gasteiger partial charge on any atom is -0.325 e. The van der Waals surface area contributed by atoms with Gasteiger partial charge < -0.3 is 10.6 Å². The van der Waals surface area contributed by atoms with Gasteiger partial charge in [0.1, 0.15) is 0 Å². The first-order valence-corrected chi connectivity index (χ1v) is 10.8. The van der Waals surface area contributed by atoms with E-state index in [4.69, 9.17) is 23.2 Å². The van der Waals surface area contributed by atoms with E-state index in [1.165, 1.54) is 0 Å². The predicted molar refractivity (Wildman–Crippen MR) is 129 cm³/mol. The summed E-state index contributed by atoms with van der Waals surface area (Å²) >= 11 is 11.9. The van der Waals surface area contributed by atoms with Gasteiger partial charge in [-0.15, -0.1) is 0 Å². The quantitative estimate of drug-likeness (QED) is 0.496. The van der Waals surface area contributed by atoms with Crippen molar-refractivity contribution in [1.82, 2.24) is 14.7 Å². The van der Waals surface area contributed by atoms with Gasteiger partial charge in [0.25, 0.3) is 0 Å². The summed E-state index contributed by atoms with van der Waals surface area (Å²) in [6.07, 6.45) is 0.242. The molecule has 0 saturated heterocycles. The maximum absolute atomic E-state index is 12.5. The molecule has 2 amide bonds. The number of hydrogen-bond donors (Lipinski definition) is 2. The van der Waals surface area contributed by atoms with E-state index in [0.29, 0.717) is 28.0 Å². The molecule has 2 N–H and O–H groups in total. The number of anilines is 2. The van der Waals surface area contributed by atoms with E-state index in [2.05, 4.69) is 15.7 Å². The molecule has 32 heavy (non-hydrogen) atoms. The second-order valence-corrected chi connectivity index (χ2v) is 8.32. The lowest BCUT2D eigenvalue weighted by atomic mass is 10.2. The molecule has 0 aliphatic carbocycles. The molecule has 0 spiro atoms. The highest BCUT2D eigenvalue weighted by Crippen LogP contribution is 2.25. The smallest absolute Gasteiger partial charge is 0.238 e. The zero-order valence-electron chi connectivity index (χ0n) is 18.2. The average molecular weight is 474 g/mol. The number of carbonyl (C=O) groups excluding carboxylic acids is 2. The van der Waals surface area contributed by atoms with Crippen LogP contribution in [-0.2, 0) is 9.59 Å². The van der Waals surface area contributed by atoms with Crippen molar-refractivity contribution in [3.8, 4) is 5.69 Å². The molecular weight excluding hydrogens is 449 g/mol. The maximum atomic E-state index is 12.5. The van der Waals surface area contributed by atoms with Crippen LogP contribution in [0.1, 0.15) is 17.8 Å². The lowest BCUT2D eigenvalue weighted by Crippen LogP contribution is -2.32. The number of aromatic nitrogens is 2. The number of rotatable bonds is 8. The Hall–Kier alpha value is -2.87. The topological polar surface area (TPSA) is 79.3 Å². The molecule has 0 aliphatic heterocycles. The number of amides is 2. The van der Waals surface area contributed by atoms with Gasteiger partial charge in [-0.1, -0.05) is 41.4 Å². The normalized spacial score (nSPS) is 10.9. The fraction of sp³-hybridized carbons (Fsp3) is 0.261. The van der Waals surface area contributed by atoms with Gasteiger partial charge in [0, 0.05) is 18.7 Å². The van der Waals surface area contributed by atoms with Gasteiger partial charge in [-0.3, -0.25) is 14.5 Å². The number of nitrogens with one attached hydrogen (secondary N) is 2. The van der Waals surface area contributed by atoms with Crippen LogP contribution in [0.25, 0.3) is 5.69 Å². The molecule has 0 aliphatic rings. The fourth-order valence-electron chi connectivity index (χ4n) is 3.24. The molecule has 1 heterocycles. The first-order chi connectivity index (χ1) is 15.2. The summed E-state index contributed by atoms with van der Waals surface area (Å²) in [6, 6.07) is 14.6. The highest BCUT2D eigenvalue weighted by atomic mass is 35.5. The first-order valence-electron chi connectivity index (χ1n) is 10.1. The molecule has 2 aromatic carbocycles. The Kier molecular flexibility index (Phi) is 7.90. The number of benzene rings is 2. The number of hydrogen-bond acceptors (Lipinski definition) is 4. The van der Waals surface area contributed by atoms with Crippen LogP contribution in [0.4, 0.5) is 11.4 Å². The van der Waals surface area contributed by atoms with Crippen LogP contribution < -0.4 is 10.6 Å². The number of aryl methyl sites for hydroxylation is 1. The van der Waals surface area contributed by atoms with Crippen molar-refractivity contribution in [2.45, 2.75) is 20.3 Å². The second kappa shape index (κ2) is 10.6. The van der Waals surface area contributed by atoms with Crippen LogP contribution in [-0.4, -0.2) is 46.6 Å². The molecule has 168 valence electrons. The Bertz CT molecular complexity index is 1120. The number of carbonyl (C=O) groups is 2. The van der Waals surface area contributed by atoms with Crippen molar-refractivity contribution >= 4 is 46.4 Å². The van der Waals surface area contributed by atoms with Gasteiger partial charge in [-0.05, 0) is 51.2 Å². The van der Waals surface area contributed by atoms with E-state index >= 15 is 0 Å². The monoisotopic (exact) mass is 473 g/mol. The Morgan fingerprint density at radius 3 is 2.41 bits per heavy atom. The predicted octanol–water partition coefficient (Wildman–Crippen LogP) is 4.70. The summed E-state index contributed by atoms with van der Waals surface area (Å²) in [4.78, 5) is 26.5. The number of likely N-dealkylation sites (N-methyl/N-ethyl adjacent to an activating group) is 1. The molecule has 0 bridgehead atoms. The lowest BCUT2D eigenvalue weighted by Gasteiger charge is -2.16. The Balaban J connectivity index is 1.51. The summed E-state index contributed by atoms with van der Waals surface area (Å²) in [7, 11) is 1.78. The van der Waals surface area contributed by atoms with Gasteiger partial charge in [0.2, 0.25) is 11.8 Å². The zero-order valence-corrected chi connectivity index (χ0v) is 19.7. The third-order valence-corrected chi connectivity index (χ3v) is 5.63. The molecule has 0 unspecified atom stereocenters. The molecule has 3 aromatic rings. The Morgan fingerprint density at radius 2 is 1.72 bits per heavy atom. The molecule has 0 atom stereocenters. The van der Waals surface area contributed by atoms with Crippen molar-refractivity contribution in [1.29, 1.82) is 0 Å². The summed E-state index contributed by atoms with van der Waals surface area (Å²) in [6.45, 7) is 4.34. The van der Waals surface area contributed by atoms with Crippen LogP contribution in [0, 0.1) is 13.8 Å². The molecule has 0 radical (unpaired) electrons. The second-order valence-electron chi connectivity index (χ2n) is 7.51. The van der Waals surface area contributed by atoms with E-state index in [1.807, 2.05) is 48.9 Å². The first kappa shape index (κ1) is 23.8. The van der Waals surface area contributed by atoms with Crippen molar-refractivity contribution < 1.29 is 9.59 Å². The minimum atomic E-state index is -0.206. The highest BCUT2D eigenvalue weighted by molar-refractivity contribution is 6.42. The molecule has 1 aromatic heterocycles. The van der Waals surface area contributed by atoms with Crippen LogP contribution in [0.5, 0.6) is 0 Å². The molecule has 0 fully saturated rings. The third kappa shape index (κ3) is 6.09. The highest BCUT2D eigenvalue weighted by Gasteiger charge is 2.16. The van der Waals surface area contributed by atoms with Crippen LogP contribution in [0.3, 0.4) is 0 Å². The zero-order chi connectivity index (χ0) is 23.3. The molecule has 0 saturated carbocycles. The number of para-hydroxylation sites is 1. The van der Waals surface area contributed by atoms with Gasteiger partial charge in [0.05, 0.1) is 39.4 Å². The lowest BCUT2D eigenvalue weighted by molar-refractivity contribution is -0.119. The third-order valence-electron chi connectivity index (χ3n) is 4.89. The summed E-state index contributed by atoms with van der Waals surface area (Å²) < 4.78 is 1.81. The van der Waals surface area contributed by atoms with E-state index in [9.17, 15) is 9.59 Å². The number of nitrogens with zero attached hydrogens (tertiary/aromatic N) is 3. The SMILES string of the molecule is Cc1nn(-c2ccccc2)c(C)c1NC(=O)CCN(C)CC(=O)Nc1ccc(Cl)c(Cl)c1. The van der Waals surface area contributed by atoms with Crippen molar-refractivity contribution in [3.63, 3.8) is 0 Å². The minimum absolute atomic E-state index is 0.136. The standard InChI is InChI=1S/C23H25Cl2N5O2/c1-15-23(16(2)30(28-15)18-7-5-4-6-8-18)27-21(31)11-12-29(3)14-22(32)26-17-9-10-19(24)20(25)13-17/h4-10,13H,11-12,14H2,1-3H3,(H,26,32)(H,27,31).